The van der Waals surface area contributed by atoms with Gasteiger partial charge in [0.1, 0.15) is 0 Å². The molecule has 4 nitrogen and oxygen atoms in total. The van der Waals surface area contributed by atoms with Gasteiger partial charge in [-0.25, -0.2) is 19.9 Å². The van der Waals surface area contributed by atoms with Crippen molar-refractivity contribution < 1.29 is 0 Å². The van der Waals surface area contributed by atoms with E-state index in [1.165, 1.54) is 0 Å². The molecule has 0 aliphatic heterocycles. The van der Waals surface area contributed by atoms with E-state index in [-0.39, 0.29) is 0 Å². The molecule has 0 N–H and O–H groups in total. The van der Waals surface area contributed by atoms with Gasteiger partial charge in [0.15, 0.2) is 0 Å². The lowest BCUT2D eigenvalue weighted by atomic mass is 10.0. The normalized spacial score (nSPS) is 11.5. The predicted octanol–water partition coefficient (Wildman–Crippen LogP) is 12.2. The summed E-state index contributed by atoms with van der Waals surface area (Å²) in [4.78, 5) is 20.5. The molecule has 4 aromatic heterocycles. The number of rotatable bonds is 5. The molecule has 0 unspecified atom stereocenters. The minimum absolute atomic E-state index is 0.904. The Morgan fingerprint density at radius 3 is 1.29 bits per heavy atom. The first-order valence-corrected chi connectivity index (χ1v) is 17.5. The fourth-order valence-electron chi connectivity index (χ4n) is 7.11. The molecule has 0 spiro atoms. The molecule has 0 radical (unpaired) electrons. The summed E-state index contributed by atoms with van der Waals surface area (Å²) < 4.78 is 0. The minimum atomic E-state index is 0.904. The molecule has 0 saturated carbocycles. The van der Waals surface area contributed by atoms with Gasteiger partial charge in [0, 0.05) is 49.4 Å². The lowest BCUT2D eigenvalue weighted by Crippen LogP contribution is -1.91. The third-order valence-corrected chi connectivity index (χ3v) is 9.86. The molecule has 52 heavy (non-hydrogen) atoms. The second kappa shape index (κ2) is 12.4. The van der Waals surface area contributed by atoms with Gasteiger partial charge in [-0.2, -0.15) is 0 Å². The van der Waals surface area contributed by atoms with E-state index in [0.29, 0.717) is 0 Å². The number of aromatic nitrogens is 4. The molecule has 10 aromatic rings. The van der Waals surface area contributed by atoms with Crippen LogP contribution in [0.1, 0.15) is 0 Å². The molecule has 4 heteroatoms. The van der Waals surface area contributed by atoms with E-state index in [4.69, 9.17) is 19.9 Å². The smallest absolute Gasteiger partial charge is 0.0972 e. The first-order valence-electron chi connectivity index (χ1n) is 17.5. The van der Waals surface area contributed by atoms with Crippen molar-refractivity contribution in [3.8, 4) is 56.2 Å². The summed E-state index contributed by atoms with van der Waals surface area (Å²) in [5.41, 5.74) is 14.0. The van der Waals surface area contributed by atoms with Gasteiger partial charge in [0.2, 0.25) is 0 Å². The summed E-state index contributed by atoms with van der Waals surface area (Å²) in [5, 5.41) is 4.36. The van der Waals surface area contributed by atoms with Crippen LogP contribution in [0.2, 0.25) is 0 Å². The highest BCUT2D eigenvalue weighted by Gasteiger charge is 2.12. The van der Waals surface area contributed by atoms with Gasteiger partial charge < -0.3 is 0 Å². The maximum Gasteiger partial charge on any atom is 0.0972 e. The minimum Gasteiger partial charge on any atom is -0.248 e. The van der Waals surface area contributed by atoms with Gasteiger partial charge >= 0.3 is 0 Å². The van der Waals surface area contributed by atoms with Gasteiger partial charge in [-0.15, -0.1) is 0 Å². The average Bonchev–Trinajstić information content (AvgIpc) is 3.23. The van der Waals surface area contributed by atoms with Crippen LogP contribution >= 0.6 is 0 Å². The van der Waals surface area contributed by atoms with Crippen LogP contribution in [0.5, 0.6) is 0 Å². The highest BCUT2D eigenvalue weighted by Crippen LogP contribution is 2.33. The van der Waals surface area contributed by atoms with Crippen LogP contribution in [-0.4, -0.2) is 19.9 Å². The van der Waals surface area contributed by atoms with Crippen LogP contribution in [0.15, 0.2) is 182 Å². The second-order valence-electron chi connectivity index (χ2n) is 13.1. The first-order chi connectivity index (χ1) is 25.7. The van der Waals surface area contributed by atoms with Gasteiger partial charge in [-0.05, 0) is 35.9 Å². The Bertz CT molecular complexity index is 2940. The molecule has 6 aromatic carbocycles. The van der Waals surface area contributed by atoms with E-state index in [1.54, 1.807) is 0 Å². The number of para-hydroxylation sites is 1. The van der Waals surface area contributed by atoms with Crippen LogP contribution in [-0.2, 0) is 0 Å². The van der Waals surface area contributed by atoms with E-state index in [0.717, 1.165) is 99.8 Å². The summed E-state index contributed by atoms with van der Waals surface area (Å²) in [6, 6.07) is 63.2. The SMILES string of the molecule is c1ccc(-c2ccc3ccc4ccc(-c5ccc(-c6ccc7ccc(-c8ccc9cccc(-c%10ccccc%10)c9n8)cc7n6)cc5)nc4c3n2)cc1. The maximum atomic E-state index is 5.16. The van der Waals surface area contributed by atoms with Crippen molar-refractivity contribution in [1.82, 2.24) is 19.9 Å². The number of nitrogens with zero attached hydrogens (tertiary/aromatic N) is 4. The lowest BCUT2D eigenvalue weighted by molar-refractivity contribution is 1.36. The largest absolute Gasteiger partial charge is 0.248 e. The van der Waals surface area contributed by atoms with Gasteiger partial charge in [0.05, 0.1) is 44.8 Å². The molecule has 0 saturated heterocycles. The van der Waals surface area contributed by atoms with Crippen LogP contribution in [0.3, 0.4) is 0 Å². The van der Waals surface area contributed by atoms with Gasteiger partial charge in [-0.1, -0.05) is 152 Å². The fraction of sp³-hybridized carbons (Fsp3) is 0. The van der Waals surface area contributed by atoms with E-state index < -0.39 is 0 Å². The van der Waals surface area contributed by atoms with Crippen molar-refractivity contribution >= 4 is 43.6 Å². The number of hydrogen-bond acceptors (Lipinski definition) is 4. The Morgan fingerprint density at radius 1 is 0.250 bits per heavy atom. The summed E-state index contributed by atoms with van der Waals surface area (Å²) in [7, 11) is 0. The Morgan fingerprint density at radius 2 is 0.673 bits per heavy atom. The van der Waals surface area contributed by atoms with Crippen molar-refractivity contribution in [2.75, 3.05) is 0 Å². The molecule has 10 rings (SSSR count). The third-order valence-electron chi connectivity index (χ3n) is 9.86. The summed E-state index contributed by atoms with van der Waals surface area (Å²) >= 11 is 0. The second-order valence-corrected chi connectivity index (χ2v) is 13.1. The van der Waals surface area contributed by atoms with E-state index >= 15 is 0 Å². The quantitative estimate of drug-likeness (QED) is 0.172. The monoisotopic (exact) mass is 662 g/mol. The molecular formula is C48H30N4. The zero-order valence-corrected chi connectivity index (χ0v) is 28.1. The maximum absolute atomic E-state index is 5.16. The van der Waals surface area contributed by atoms with Crippen molar-refractivity contribution in [1.29, 1.82) is 0 Å². The topological polar surface area (TPSA) is 51.6 Å². The molecule has 0 atom stereocenters. The van der Waals surface area contributed by atoms with E-state index in [1.807, 2.05) is 24.3 Å². The summed E-state index contributed by atoms with van der Waals surface area (Å²) in [5.74, 6) is 0. The number of benzene rings is 6. The molecule has 0 fully saturated rings. The Kier molecular flexibility index (Phi) is 7.10. The highest BCUT2D eigenvalue weighted by atomic mass is 14.8. The average molecular weight is 663 g/mol. The Balaban J connectivity index is 0.979. The van der Waals surface area contributed by atoms with Crippen LogP contribution < -0.4 is 0 Å². The Labute approximate surface area is 300 Å². The molecule has 0 aliphatic carbocycles. The number of hydrogen-bond donors (Lipinski definition) is 0. The number of fused-ring (bicyclic) bond motifs is 5. The molecule has 242 valence electrons. The Hall–Kier alpha value is -7.04. The molecule has 0 aliphatic rings. The molecular weight excluding hydrogens is 633 g/mol. The summed E-state index contributed by atoms with van der Waals surface area (Å²) in [6.07, 6.45) is 0. The van der Waals surface area contributed by atoms with Crippen molar-refractivity contribution in [2.45, 2.75) is 0 Å². The summed E-state index contributed by atoms with van der Waals surface area (Å²) in [6.45, 7) is 0. The first kappa shape index (κ1) is 29.8. The van der Waals surface area contributed by atoms with Crippen molar-refractivity contribution in [3.05, 3.63) is 182 Å². The lowest BCUT2D eigenvalue weighted by Gasteiger charge is -2.10. The van der Waals surface area contributed by atoms with Crippen LogP contribution in [0.25, 0.3) is 99.8 Å². The van der Waals surface area contributed by atoms with Crippen LogP contribution in [0, 0.1) is 0 Å². The van der Waals surface area contributed by atoms with Crippen molar-refractivity contribution in [2.24, 2.45) is 0 Å². The molecule has 0 amide bonds. The number of pyridine rings is 4. The van der Waals surface area contributed by atoms with Crippen LogP contribution in [0.4, 0.5) is 0 Å². The predicted molar refractivity (Wildman–Crippen MR) is 215 cm³/mol. The van der Waals surface area contributed by atoms with E-state index in [2.05, 4.69) is 158 Å². The standard InChI is InChI=1S/C48H30N4/c1-3-8-31(9-4-1)40-13-7-12-36-23-29-44(50-46(36)40)39-21-18-35-22-26-41(49-45(35)30-39)33-14-16-34(17-15-33)43-28-25-38-20-19-37-24-27-42(32-10-5-2-6-11-32)51-47(37)48(38)52-43/h1-30H. The highest BCUT2D eigenvalue weighted by molar-refractivity contribution is 6.04. The van der Waals surface area contributed by atoms with Gasteiger partial charge in [0.25, 0.3) is 0 Å². The van der Waals surface area contributed by atoms with Gasteiger partial charge in [-0.3, -0.25) is 0 Å². The zero-order valence-electron chi connectivity index (χ0n) is 28.1. The zero-order chi connectivity index (χ0) is 34.4. The molecule has 4 heterocycles. The molecule has 0 bridgehead atoms. The third kappa shape index (κ3) is 5.34. The van der Waals surface area contributed by atoms with Crippen molar-refractivity contribution in [3.63, 3.8) is 0 Å². The van der Waals surface area contributed by atoms with E-state index in [9.17, 15) is 0 Å². The fourth-order valence-corrected chi connectivity index (χ4v) is 7.11.